The number of nitrogens with two attached hydrogens (primary N) is 1. The molecule has 0 bridgehead atoms. The van der Waals surface area contributed by atoms with Crippen molar-refractivity contribution < 1.29 is 13.9 Å². The van der Waals surface area contributed by atoms with Crippen LogP contribution in [0.3, 0.4) is 0 Å². The largest absolute Gasteiger partial charge is 0.444 e. The molecule has 5 rings (SSSR count). The van der Waals surface area contributed by atoms with E-state index in [1.807, 2.05) is 30.3 Å². The molecule has 1 aromatic heterocycles. The van der Waals surface area contributed by atoms with Crippen molar-refractivity contribution in [3.63, 3.8) is 0 Å². The smallest absolute Gasteiger partial charge is 0.205 e. The minimum absolute atomic E-state index is 0.0102. The molecule has 0 saturated heterocycles. The first-order chi connectivity index (χ1) is 15.6. The minimum Gasteiger partial charge on any atom is -0.444 e. The predicted molar refractivity (Wildman–Crippen MR) is 115 cm³/mol. The van der Waals surface area contributed by atoms with Crippen LogP contribution in [0.5, 0.6) is 0 Å². The van der Waals surface area contributed by atoms with Crippen molar-refractivity contribution in [3.8, 4) is 17.3 Å². The maximum atomic E-state index is 13.4. The van der Waals surface area contributed by atoms with Crippen LogP contribution < -0.4 is 5.73 Å². The molecule has 32 heavy (non-hydrogen) atoms. The van der Waals surface area contributed by atoms with Crippen LogP contribution in [0.4, 0.5) is 4.39 Å². The van der Waals surface area contributed by atoms with Crippen LogP contribution in [-0.4, -0.2) is 16.0 Å². The highest BCUT2D eigenvalue weighted by molar-refractivity contribution is 6.00. The molecule has 6 nitrogen and oxygen atoms in total. The van der Waals surface area contributed by atoms with Crippen LogP contribution in [0.1, 0.15) is 35.8 Å². The Morgan fingerprint density at radius 3 is 2.59 bits per heavy atom. The van der Waals surface area contributed by atoms with E-state index < -0.39 is 5.92 Å². The third kappa shape index (κ3) is 3.26. The Bertz CT molecular complexity index is 1300. The molecule has 0 spiro atoms. The lowest BCUT2D eigenvalue weighted by Gasteiger charge is -2.34. The maximum absolute atomic E-state index is 13.4. The number of benzene rings is 2. The van der Waals surface area contributed by atoms with Crippen LogP contribution in [0.25, 0.3) is 11.3 Å². The zero-order valence-corrected chi connectivity index (χ0v) is 17.0. The highest BCUT2D eigenvalue weighted by atomic mass is 19.1. The van der Waals surface area contributed by atoms with E-state index in [0.717, 1.165) is 5.56 Å². The van der Waals surface area contributed by atoms with Gasteiger partial charge in [0.15, 0.2) is 5.78 Å². The average Bonchev–Trinajstić information content (AvgIpc) is 3.28. The lowest BCUT2D eigenvalue weighted by Crippen LogP contribution is -2.30. The fourth-order valence-corrected chi connectivity index (χ4v) is 4.54. The molecule has 2 atom stereocenters. The Kier molecular flexibility index (Phi) is 4.83. The Morgan fingerprint density at radius 2 is 1.88 bits per heavy atom. The zero-order valence-electron chi connectivity index (χ0n) is 17.0. The molecular weight excluding hydrogens is 407 g/mol. The molecule has 1 aliphatic heterocycles. The molecule has 1 aliphatic carbocycles. The number of aromatic amines is 1. The second kappa shape index (κ2) is 7.82. The lowest BCUT2D eigenvalue weighted by molar-refractivity contribution is -0.117. The topological polar surface area (TPSA) is 105 Å². The monoisotopic (exact) mass is 426 g/mol. The van der Waals surface area contributed by atoms with E-state index in [-0.39, 0.29) is 29.0 Å². The van der Waals surface area contributed by atoms with E-state index in [1.54, 1.807) is 18.3 Å². The molecule has 2 aromatic carbocycles. The number of nitriles is 1. The van der Waals surface area contributed by atoms with Crippen molar-refractivity contribution in [2.75, 3.05) is 0 Å². The van der Waals surface area contributed by atoms with Crippen molar-refractivity contribution in [3.05, 3.63) is 101 Å². The third-order valence-electron chi connectivity index (χ3n) is 6.04. The quantitative estimate of drug-likeness (QED) is 0.645. The highest BCUT2D eigenvalue weighted by Gasteiger charge is 2.42. The van der Waals surface area contributed by atoms with Crippen LogP contribution in [0, 0.1) is 17.1 Å². The van der Waals surface area contributed by atoms with Gasteiger partial charge in [-0.15, -0.1) is 0 Å². The number of H-pyrrole nitrogens is 1. The van der Waals surface area contributed by atoms with Gasteiger partial charge in [0.1, 0.15) is 23.2 Å². The van der Waals surface area contributed by atoms with Crippen molar-refractivity contribution >= 4 is 5.78 Å². The van der Waals surface area contributed by atoms with Crippen LogP contribution in [-0.2, 0) is 9.53 Å². The second-order valence-corrected chi connectivity index (χ2v) is 7.91. The number of hydrogen-bond acceptors (Lipinski definition) is 5. The number of hydrogen-bond donors (Lipinski definition) is 2. The number of carbonyl (C=O) groups excluding carboxylic acids is 1. The average molecular weight is 426 g/mol. The van der Waals surface area contributed by atoms with Gasteiger partial charge in [-0.2, -0.15) is 10.4 Å². The highest BCUT2D eigenvalue weighted by Crippen LogP contribution is 2.48. The Morgan fingerprint density at radius 1 is 1.12 bits per heavy atom. The summed E-state index contributed by atoms with van der Waals surface area (Å²) in [4.78, 5) is 13.4. The summed E-state index contributed by atoms with van der Waals surface area (Å²) in [7, 11) is 0. The summed E-state index contributed by atoms with van der Waals surface area (Å²) in [6.07, 6.45) is 2.40. The number of aromatic nitrogens is 2. The summed E-state index contributed by atoms with van der Waals surface area (Å²) in [5, 5.41) is 16.9. The first kappa shape index (κ1) is 19.8. The summed E-state index contributed by atoms with van der Waals surface area (Å²) in [6, 6.07) is 17.9. The number of nitrogens with one attached hydrogen (secondary N) is 1. The van der Waals surface area contributed by atoms with Gasteiger partial charge in [0.2, 0.25) is 5.88 Å². The standard InChI is InChI=1S/C25H19FN4O2/c26-17-8-6-15(7-9-17)24-19(13-29-30-24)22-18(12-27)25(28)32-21-11-16(10-20(31)23(21)22)14-4-2-1-3-5-14/h1-9,13,16,22H,10-11,28H2,(H,29,30). The molecule has 2 unspecified atom stereocenters. The number of nitrogens with zero attached hydrogens (tertiary/aromatic N) is 2. The molecule has 0 radical (unpaired) electrons. The van der Waals surface area contributed by atoms with Gasteiger partial charge in [-0.3, -0.25) is 9.89 Å². The van der Waals surface area contributed by atoms with E-state index in [4.69, 9.17) is 10.5 Å². The molecule has 0 fully saturated rings. The Labute approximate surface area is 183 Å². The van der Waals surface area contributed by atoms with Gasteiger partial charge in [-0.1, -0.05) is 30.3 Å². The first-order valence-corrected chi connectivity index (χ1v) is 10.2. The first-order valence-electron chi connectivity index (χ1n) is 10.2. The number of ether oxygens (including phenoxy) is 1. The van der Waals surface area contributed by atoms with E-state index in [2.05, 4.69) is 16.3 Å². The summed E-state index contributed by atoms with van der Waals surface area (Å²) in [5.41, 5.74) is 9.71. The molecule has 7 heteroatoms. The van der Waals surface area contributed by atoms with Gasteiger partial charge in [0, 0.05) is 29.5 Å². The van der Waals surface area contributed by atoms with E-state index in [0.29, 0.717) is 41.0 Å². The van der Waals surface area contributed by atoms with Crippen molar-refractivity contribution in [2.45, 2.75) is 24.7 Å². The molecule has 2 heterocycles. The van der Waals surface area contributed by atoms with Crippen molar-refractivity contribution in [1.29, 1.82) is 5.26 Å². The molecule has 3 aromatic rings. The van der Waals surface area contributed by atoms with E-state index in [9.17, 15) is 14.4 Å². The molecular formula is C25H19FN4O2. The third-order valence-corrected chi connectivity index (χ3v) is 6.04. The second-order valence-electron chi connectivity index (χ2n) is 7.91. The maximum Gasteiger partial charge on any atom is 0.205 e. The summed E-state index contributed by atoms with van der Waals surface area (Å²) >= 11 is 0. The van der Waals surface area contributed by atoms with Gasteiger partial charge in [0.05, 0.1) is 17.8 Å². The minimum atomic E-state index is -0.702. The summed E-state index contributed by atoms with van der Waals surface area (Å²) in [5.74, 6) is -0.696. The van der Waals surface area contributed by atoms with Crippen molar-refractivity contribution in [1.82, 2.24) is 10.2 Å². The number of Topliss-reactive ketones (excluding diaryl/α,β-unsaturated/α-hetero) is 1. The Hall–Kier alpha value is -4.18. The number of rotatable bonds is 3. The van der Waals surface area contributed by atoms with Crippen molar-refractivity contribution in [2.24, 2.45) is 5.73 Å². The molecule has 3 N–H and O–H groups in total. The Balaban J connectivity index is 1.62. The number of allylic oxidation sites excluding steroid dienone is 3. The van der Waals surface area contributed by atoms with Gasteiger partial charge in [0.25, 0.3) is 0 Å². The van der Waals surface area contributed by atoms with E-state index in [1.165, 1.54) is 12.1 Å². The predicted octanol–water partition coefficient (Wildman–Crippen LogP) is 4.42. The lowest BCUT2D eigenvalue weighted by atomic mass is 9.73. The summed E-state index contributed by atoms with van der Waals surface area (Å²) in [6.45, 7) is 0. The molecule has 158 valence electrons. The van der Waals surface area contributed by atoms with Gasteiger partial charge < -0.3 is 10.5 Å². The molecule has 2 aliphatic rings. The number of ketones is 1. The summed E-state index contributed by atoms with van der Waals surface area (Å²) < 4.78 is 19.3. The van der Waals surface area contributed by atoms with E-state index >= 15 is 0 Å². The van der Waals surface area contributed by atoms with Crippen LogP contribution >= 0.6 is 0 Å². The normalized spacial score (nSPS) is 20.6. The SMILES string of the molecule is N#CC1=C(N)OC2=C(C(=O)CC(c3ccccc3)C2)C1c1cn[nH]c1-c1ccc(F)cc1. The fourth-order valence-electron chi connectivity index (χ4n) is 4.54. The molecule has 0 amide bonds. The molecule has 0 saturated carbocycles. The van der Waals surface area contributed by atoms with Gasteiger partial charge >= 0.3 is 0 Å². The van der Waals surface area contributed by atoms with Gasteiger partial charge in [-0.05, 0) is 35.7 Å². The van der Waals surface area contributed by atoms with Gasteiger partial charge in [-0.25, -0.2) is 4.39 Å². The fraction of sp³-hybridized carbons (Fsp3) is 0.160. The number of carbonyl (C=O) groups is 1. The van der Waals surface area contributed by atoms with Crippen LogP contribution in [0.15, 0.2) is 83.6 Å². The number of halogens is 1. The zero-order chi connectivity index (χ0) is 22.2. The van der Waals surface area contributed by atoms with Crippen LogP contribution in [0.2, 0.25) is 0 Å².